The van der Waals surface area contributed by atoms with E-state index in [0.29, 0.717) is 5.54 Å². The molecule has 0 bridgehead atoms. The lowest BCUT2D eigenvalue weighted by atomic mass is 9.89. The highest BCUT2D eigenvalue weighted by Crippen LogP contribution is 2.43. The molecule has 0 radical (unpaired) electrons. The van der Waals surface area contributed by atoms with Gasteiger partial charge in [-0.25, -0.2) is 0 Å². The third kappa shape index (κ3) is 2.00. The molecule has 17 heavy (non-hydrogen) atoms. The number of hydrogen-bond donors (Lipinski definition) is 1. The van der Waals surface area contributed by atoms with E-state index >= 15 is 0 Å². The molecular formula is C15H22N2. The standard InChI is InChI=1S/C15H22N2/c1-14(8-9-14)17-11-10-16-15(2,12-17)13-6-4-3-5-7-13/h3-7,16H,8-12H2,1-2H3. The highest BCUT2D eigenvalue weighted by molar-refractivity contribution is 5.25. The van der Waals surface area contributed by atoms with E-state index in [1.807, 2.05) is 0 Å². The molecule has 1 saturated carbocycles. The fraction of sp³-hybridized carbons (Fsp3) is 0.600. The Morgan fingerprint density at radius 2 is 1.82 bits per heavy atom. The molecule has 0 aromatic heterocycles. The van der Waals surface area contributed by atoms with Gasteiger partial charge in [0.1, 0.15) is 0 Å². The van der Waals surface area contributed by atoms with E-state index in [4.69, 9.17) is 0 Å². The van der Waals surface area contributed by atoms with Gasteiger partial charge in [-0.15, -0.1) is 0 Å². The van der Waals surface area contributed by atoms with Gasteiger partial charge in [0.25, 0.3) is 0 Å². The van der Waals surface area contributed by atoms with E-state index < -0.39 is 0 Å². The zero-order valence-corrected chi connectivity index (χ0v) is 10.9. The number of piperazine rings is 1. The largest absolute Gasteiger partial charge is 0.305 e. The Labute approximate surface area is 104 Å². The maximum atomic E-state index is 3.70. The molecule has 1 aromatic rings. The highest BCUT2D eigenvalue weighted by atomic mass is 15.3. The fourth-order valence-electron chi connectivity index (χ4n) is 2.94. The molecule has 2 fully saturated rings. The summed E-state index contributed by atoms with van der Waals surface area (Å²) >= 11 is 0. The highest BCUT2D eigenvalue weighted by Gasteiger charge is 2.47. The summed E-state index contributed by atoms with van der Waals surface area (Å²) in [4.78, 5) is 2.68. The molecule has 1 heterocycles. The van der Waals surface area contributed by atoms with Crippen molar-refractivity contribution in [3.8, 4) is 0 Å². The summed E-state index contributed by atoms with van der Waals surface area (Å²) in [6.07, 6.45) is 2.75. The van der Waals surface area contributed by atoms with Crippen LogP contribution in [0.2, 0.25) is 0 Å². The Bertz CT molecular complexity index is 397. The summed E-state index contributed by atoms with van der Waals surface area (Å²) < 4.78 is 0. The van der Waals surface area contributed by atoms with Crippen molar-refractivity contribution >= 4 is 0 Å². The summed E-state index contributed by atoms with van der Waals surface area (Å²) in [6.45, 7) is 8.16. The third-order valence-corrected chi connectivity index (χ3v) is 4.55. The van der Waals surface area contributed by atoms with Crippen molar-refractivity contribution in [2.75, 3.05) is 19.6 Å². The Hall–Kier alpha value is -0.860. The van der Waals surface area contributed by atoms with Crippen molar-refractivity contribution in [2.24, 2.45) is 0 Å². The molecule has 1 atom stereocenters. The van der Waals surface area contributed by atoms with Crippen LogP contribution in [0.3, 0.4) is 0 Å². The van der Waals surface area contributed by atoms with E-state index in [1.54, 1.807) is 0 Å². The first-order valence-electron chi connectivity index (χ1n) is 6.68. The molecule has 1 aromatic carbocycles. The summed E-state index contributed by atoms with van der Waals surface area (Å²) in [5.74, 6) is 0. The van der Waals surface area contributed by atoms with E-state index in [2.05, 4.69) is 54.4 Å². The van der Waals surface area contributed by atoms with Gasteiger partial charge in [0.05, 0.1) is 5.54 Å². The van der Waals surface area contributed by atoms with E-state index in [1.165, 1.54) is 24.9 Å². The van der Waals surface area contributed by atoms with Gasteiger partial charge < -0.3 is 5.32 Å². The van der Waals surface area contributed by atoms with Crippen molar-refractivity contribution < 1.29 is 0 Å². The molecule has 1 saturated heterocycles. The lowest BCUT2D eigenvalue weighted by Crippen LogP contribution is -2.59. The van der Waals surface area contributed by atoms with Gasteiger partial charge in [0, 0.05) is 25.2 Å². The number of nitrogens with zero attached hydrogens (tertiary/aromatic N) is 1. The second kappa shape index (κ2) is 3.82. The molecule has 2 aliphatic rings. The van der Waals surface area contributed by atoms with Gasteiger partial charge in [-0.1, -0.05) is 30.3 Å². The van der Waals surface area contributed by atoms with Gasteiger partial charge in [0.15, 0.2) is 0 Å². The lowest BCUT2D eigenvalue weighted by molar-refractivity contribution is 0.0947. The van der Waals surface area contributed by atoms with Crippen molar-refractivity contribution in [1.82, 2.24) is 10.2 Å². The quantitative estimate of drug-likeness (QED) is 0.839. The van der Waals surface area contributed by atoms with Gasteiger partial charge in [-0.05, 0) is 32.3 Å². The molecule has 2 nitrogen and oxygen atoms in total. The van der Waals surface area contributed by atoms with Crippen LogP contribution >= 0.6 is 0 Å². The van der Waals surface area contributed by atoms with E-state index in [-0.39, 0.29) is 5.54 Å². The average molecular weight is 230 g/mol. The van der Waals surface area contributed by atoms with Crippen LogP contribution in [0.25, 0.3) is 0 Å². The molecule has 1 aliphatic carbocycles. The average Bonchev–Trinajstić information content (AvgIpc) is 3.10. The lowest BCUT2D eigenvalue weighted by Gasteiger charge is -2.44. The van der Waals surface area contributed by atoms with Crippen LogP contribution < -0.4 is 5.32 Å². The maximum absolute atomic E-state index is 3.70. The van der Waals surface area contributed by atoms with Crippen molar-refractivity contribution in [3.05, 3.63) is 35.9 Å². The number of rotatable bonds is 2. The molecule has 1 aliphatic heterocycles. The van der Waals surface area contributed by atoms with E-state index in [0.717, 1.165) is 13.1 Å². The number of benzene rings is 1. The zero-order chi connectivity index (χ0) is 11.9. The van der Waals surface area contributed by atoms with Gasteiger partial charge in [-0.2, -0.15) is 0 Å². The number of nitrogens with one attached hydrogen (secondary N) is 1. The summed E-state index contributed by atoms with van der Waals surface area (Å²) in [5.41, 5.74) is 2.03. The number of hydrogen-bond acceptors (Lipinski definition) is 2. The second-order valence-electron chi connectivity index (χ2n) is 6.04. The third-order valence-electron chi connectivity index (χ3n) is 4.55. The molecule has 2 heteroatoms. The molecule has 1 unspecified atom stereocenters. The Balaban J connectivity index is 1.83. The van der Waals surface area contributed by atoms with Crippen molar-refractivity contribution in [2.45, 2.75) is 37.8 Å². The fourth-order valence-corrected chi connectivity index (χ4v) is 2.94. The molecule has 0 amide bonds. The summed E-state index contributed by atoms with van der Waals surface area (Å²) in [6, 6.07) is 10.9. The first kappa shape index (κ1) is 11.2. The second-order valence-corrected chi connectivity index (χ2v) is 6.04. The van der Waals surface area contributed by atoms with Crippen LogP contribution in [0, 0.1) is 0 Å². The first-order valence-corrected chi connectivity index (χ1v) is 6.68. The first-order chi connectivity index (χ1) is 8.12. The Kier molecular flexibility index (Phi) is 2.53. The summed E-state index contributed by atoms with van der Waals surface area (Å²) in [7, 11) is 0. The van der Waals surface area contributed by atoms with Crippen LogP contribution in [0.5, 0.6) is 0 Å². The summed E-state index contributed by atoms with van der Waals surface area (Å²) in [5, 5.41) is 3.70. The minimum Gasteiger partial charge on any atom is -0.305 e. The van der Waals surface area contributed by atoms with Gasteiger partial charge >= 0.3 is 0 Å². The van der Waals surface area contributed by atoms with E-state index in [9.17, 15) is 0 Å². The minimum absolute atomic E-state index is 0.116. The molecule has 0 spiro atoms. The molecular weight excluding hydrogens is 208 g/mol. The SMILES string of the molecule is CC1(c2ccccc2)CN(C2(C)CC2)CCN1. The van der Waals surface area contributed by atoms with Crippen LogP contribution in [-0.4, -0.2) is 30.1 Å². The Morgan fingerprint density at radius 3 is 2.47 bits per heavy atom. The molecule has 1 N–H and O–H groups in total. The Morgan fingerprint density at radius 1 is 1.12 bits per heavy atom. The normalized spacial score (nSPS) is 32.4. The monoisotopic (exact) mass is 230 g/mol. The zero-order valence-electron chi connectivity index (χ0n) is 10.9. The topological polar surface area (TPSA) is 15.3 Å². The molecule has 92 valence electrons. The van der Waals surface area contributed by atoms with Crippen LogP contribution in [0.4, 0.5) is 0 Å². The smallest absolute Gasteiger partial charge is 0.0535 e. The van der Waals surface area contributed by atoms with Crippen LogP contribution in [0.15, 0.2) is 30.3 Å². The maximum Gasteiger partial charge on any atom is 0.0535 e. The van der Waals surface area contributed by atoms with Crippen molar-refractivity contribution in [3.63, 3.8) is 0 Å². The van der Waals surface area contributed by atoms with Crippen LogP contribution in [-0.2, 0) is 5.54 Å². The van der Waals surface area contributed by atoms with Gasteiger partial charge in [-0.3, -0.25) is 4.90 Å². The molecule has 3 rings (SSSR count). The predicted molar refractivity (Wildman–Crippen MR) is 71.0 cm³/mol. The predicted octanol–water partition coefficient (Wildman–Crippen LogP) is 2.36. The van der Waals surface area contributed by atoms with Crippen LogP contribution in [0.1, 0.15) is 32.3 Å². The van der Waals surface area contributed by atoms with Crippen molar-refractivity contribution in [1.29, 1.82) is 0 Å². The minimum atomic E-state index is 0.116. The van der Waals surface area contributed by atoms with Gasteiger partial charge in [0.2, 0.25) is 0 Å².